The maximum Gasteiger partial charge on any atom is 0.250 e. The molecule has 0 aromatic heterocycles. The minimum Gasteiger partial charge on any atom is -0.370 e. The lowest BCUT2D eigenvalue weighted by atomic mass is 10.2. The molecule has 0 saturated carbocycles. The standard InChI is InChI=1S/C10H18N4O/c1-7-3-4-8(2)14(7)6-5-9(15)13-10(11)12/h3-4,7-8H,5-6H2,1-2H3,(H4,11,12,13,15)/t7-,8?/m1/s1. The summed E-state index contributed by atoms with van der Waals surface area (Å²) in [6.07, 6.45) is 4.62. The minimum absolute atomic E-state index is 0.166. The van der Waals surface area contributed by atoms with Gasteiger partial charge in [0.1, 0.15) is 0 Å². The molecule has 0 saturated heterocycles. The smallest absolute Gasteiger partial charge is 0.250 e. The number of carbonyl (C=O) groups is 1. The van der Waals surface area contributed by atoms with Crippen LogP contribution in [0.15, 0.2) is 17.1 Å². The van der Waals surface area contributed by atoms with E-state index in [1.165, 1.54) is 0 Å². The molecule has 4 N–H and O–H groups in total. The number of hydrogen-bond acceptors (Lipinski definition) is 2. The molecule has 2 atom stereocenters. The van der Waals surface area contributed by atoms with E-state index in [-0.39, 0.29) is 11.9 Å². The number of nitrogens with two attached hydrogens (primary N) is 2. The van der Waals surface area contributed by atoms with Crippen molar-refractivity contribution in [3.63, 3.8) is 0 Å². The Morgan fingerprint density at radius 1 is 1.33 bits per heavy atom. The highest BCUT2D eigenvalue weighted by atomic mass is 16.1. The van der Waals surface area contributed by atoms with Crippen LogP contribution < -0.4 is 11.5 Å². The predicted octanol–water partition coefficient (Wildman–Crippen LogP) is -0.175. The lowest BCUT2D eigenvalue weighted by Gasteiger charge is -2.25. The van der Waals surface area contributed by atoms with E-state index >= 15 is 0 Å². The molecular formula is C10H18N4O. The van der Waals surface area contributed by atoms with Gasteiger partial charge in [-0.05, 0) is 13.8 Å². The highest BCUT2D eigenvalue weighted by molar-refractivity contribution is 5.91. The van der Waals surface area contributed by atoms with E-state index in [1.54, 1.807) is 0 Å². The fraction of sp³-hybridized carbons (Fsp3) is 0.600. The first-order valence-corrected chi connectivity index (χ1v) is 5.07. The summed E-state index contributed by atoms with van der Waals surface area (Å²) in [6.45, 7) is 4.89. The van der Waals surface area contributed by atoms with Gasteiger partial charge in [-0.25, -0.2) is 0 Å². The molecule has 84 valence electrons. The lowest BCUT2D eigenvalue weighted by Crippen LogP contribution is -2.35. The number of nitrogens with zero attached hydrogens (tertiary/aromatic N) is 2. The van der Waals surface area contributed by atoms with Crippen LogP contribution in [0.5, 0.6) is 0 Å². The van der Waals surface area contributed by atoms with Gasteiger partial charge in [-0.3, -0.25) is 9.69 Å². The van der Waals surface area contributed by atoms with Crippen molar-refractivity contribution in [3.8, 4) is 0 Å². The van der Waals surface area contributed by atoms with Crippen molar-refractivity contribution in [3.05, 3.63) is 12.2 Å². The predicted molar refractivity (Wildman–Crippen MR) is 60.2 cm³/mol. The first kappa shape index (κ1) is 11.7. The van der Waals surface area contributed by atoms with E-state index in [0.717, 1.165) is 0 Å². The number of hydrogen-bond donors (Lipinski definition) is 2. The zero-order valence-corrected chi connectivity index (χ0v) is 9.18. The highest BCUT2D eigenvalue weighted by Gasteiger charge is 2.21. The molecule has 15 heavy (non-hydrogen) atoms. The molecule has 1 heterocycles. The Balaban J connectivity index is 2.38. The van der Waals surface area contributed by atoms with Crippen LogP contribution in [-0.4, -0.2) is 35.4 Å². The van der Waals surface area contributed by atoms with Gasteiger partial charge >= 0.3 is 0 Å². The number of guanidine groups is 1. The normalized spacial score (nSPS) is 25.5. The Kier molecular flexibility index (Phi) is 3.85. The topological polar surface area (TPSA) is 84.7 Å². The van der Waals surface area contributed by atoms with E-state index in [2.05, 4.69) is 35.9 Å². The van der Waals surface area contributed by atoms with E-state index < -0.39 is 0 Å². The van der Waals surface area contributed by atoms with Gasteiger partial charge in [-0.2, -0.15) is 4.99 Å². The fourth-order valence-corrected chi connectivity index (χ4v) is 1.75. The first-order chi connectivity index (χ1) is 7.00. The second-order valence-corrected chi connectivity index (χ2v) is 3.78. The summed E-state index contributed by atoms with van der Waals surface area (Å²) in [7, 11) is 0. The average molecular weight is 210 g/mol. The first-order valence-electron chi connectivity index (χ1n) is 5.07. The quantitative estimate of drug-likeness (QED) is 0.384. The van der Waals surface area contributed by atoms with Crippen molar-refractivity contribution >= 4 is 11.9 Å². The maximum atomic E-state index is 11.2. The lowest BCUT2D eigenvalue weighted by molar-refractivity contribution is -0.118. The summed E-state index contributed by atoms with van der Waals surface area (Å²) in [4.78, 5) is 16.9. The minimum atomic E-state index is -0.263. The Labute approximate surface area is 89.8 Å². The van der Waals surface area contributed by atoms with E-state index in [1.807, 2.05) is 0 Å². The van der Waals surface area contributed by atoms with Gasteiger partial charge in [-0.15, -0.1) is 0 Å². The Morgan fingerprint density at radius 3 is 2.33 bits per heavy atom. The van der Waals surface area contributed by atoms with Gasteiger partial charge in [0, 0.05) is 25.0 Å². The number of amides is 1. The molecular weight excluding hydrogens is 192 g/mol. The number of carbonyl (C=O) groups excluding carboxylic acids is 1. The van der Waals surface area contributed by atoms with Crippen molar-refractivity contribution in [2.24, 2.45) is 16.5 Å². The fourth-order valence-electron chi connectivity index (χ4n) is 1.75. The molecule has 5 nitrogen and oxygen atoms in total. The summed E-state index contributed by atoms with van der Waals surface area (Å²) in [5, 5.41) is 0. The number of rotatable bonds is 3. The second-order valence-electron chi connectivity index (χ2n) is 3.78. The molecule has 0 bridgehead atoms. The van der Waals surface area contributed by atoms with Gasteiger partial charge in [0.15, 0.2) is 5.96 Å². The number of aliphatic imine (C=N–C) groups is 1. The zero-order valence-electron chi connectivity index (χ0n) is 9.18. The molecule has 1 unspecified atom stereocenters. The largest absolute Gasteiger partial charge is 0.370 e. The molecule has 0 aliphatic carbocycles. The second kappa shape index (κ2) is 4.93. The van der Waals surface area contributed by atoms with Gasteiger partial charge in [0.05, 0.1) is 0 Å². The van der Waals surface area contributed by atoms with E-state index in [4.69, 9.17) is 11.5 Å². The van der Waals surface area contributed by atoms with Crippen LogP contribution in [0.1, 0.15) is 20.3 Å². The molecule has 5 heteroatoms. The summed E-state index contributed by atoms with van der Waals surface area (Å²) < 4.78 is 0. The van der Waals surface area contributed by atoms with Gasteiger partial charge in [0.2, 0.25) is 5.91 Å². The summed E-state index contributed by atoms with van der Waals surface area (Å²) in [5.41, 5.74) is 10.2. The molecule has 0 fully saturated rings. The van der Waals surface area contributed by atoms with Crippen LogP contribution in [0.2, 0.25) is 0 Å². The van der Waals surface area contributed by atoms with E-state index in [9.17, 15) is 4.79 Å². The van der Waals surface area contributed by atoms with Crippen LogP contribution in [0, 0.1) is 0 Å². The molecule has 0 aromatic rings. The van der Waals surface area contributed by atoms with Gasteiger partial charge < -0.3 is 11.5 Å². The van der Waals surface area contributed by atoms with E-state index in [0.29, 0.717) is 25.0 Å². The van der Waals surface area contributed by atoms with Crippen molar-refractivity contribution in [2.45, 2.75) is 32.4 Å². The third kappa shape index (κ3) is 3.36. The third-order valence-corrected chi connectivity index (χ3v) is 2.55. The van der Waals surface area contributed by atoms with Gasteiger partial charge in [0.25, 0.3) is 0 Å². The molecule has 0 aromatic carbocycles. The zero-order chi connectivity index (χ0) is 11.4. The molecule has 0 radical (unpaired) electrons. The van der Waals surface area contributed by atoms with Crippen molar-refractivity contribution < 1.29 is 4.79 Å². The van der Waals surface area contributed by atoms with Crippen LogP contribution >= 0.6 is 0 Å². The van der Waals surface area contributed by atoms with Crippen LogP contribution in [0.4, 0.5) is 0 Å². The summed E-state index contributed by atoms with van der Waals surface area (Å²) in [5.74, 6) is -0.429. The Morgan fingerprint density at radius 2 is 1.87 bits per heavy atom. The summed E-state index contributed by atoms with van der Waals surface area (Å²) in [6, 6.07) is 0.763. The average Bonchev–Trinajstić information content (AvgIpc) is 2.42. The Hall–Kier alpha value is -1.36. The molecule has 1 rings (SSSR count). The van der Waals surface area contributed by atoms with Crippen LogP contribution in [0.3, 0.4) is 0 Å². The van der Waals surface area contributed by atoms with Crippen molar-refractivity contribution in [1.82, 2.24) is 4.90 Å². The molecule has 0 spiro atoms. The monoisotopic (exact) mass is 210 g/mol. The van der Waals surface area contributed by atoms with Crippen LogP contribution in [0.25, 0.3) is 0 Å². The molecule has 1 amide bonds. The SMILES string of the molecule is CC1C=C[C@@H](C)N1CCC(=O)N=C(N)N. The summed E-state index contributed by atoms with van der Waals surface area (Å²) >= 11 is 0. The highest BCUT2D eigenvalue weighted by Crippen LogP contribution is 2.16. The third-order valence-electron chi connectivity index (χ3n) is 2.55. The van der Waals surface area contributed by atoms with Gasteiger partial charge in [-0.1, -0.05) is 12.2 Å². The maximum absolute atomic E-state index is 11.2. The molecule has 1 aliphatic rings. The van der Waals surface area contributed by atoms with Crippen LogP contribution in [-0.2, 0) is 4.79 Å². The molecule has 1 aliphatic heterocycles. The van der Waals surface area contributed by atoms with Crippen molar-refractivity contribution in [2.75, 3.05) is 6.54 Å². The Bertz CT molecular complexity index is 282. The van der Waals surface area contributed by atoms with Crippen molar-refractivity contribution in [1.29, 1.82) is 0 Å².